The second-order valence-electron chi connectivity index (χ2n) is 4.31. The van der Waals surface area contributed by atoms with Crippen molar-refractivity contribution in [3.8, 4) is 5.75 Å². The number of benzene rings is 1. The van der Waals surface area contributed by atoms with Crippen LogP contribution in [-0.2, 0) is 6.42 Å². The van der Waals surface area contributed by atoms with Crippen LogP contribution in [0.25, 0.3) is 10.9 Å². The van der Waals surface area contributed by atoms with Crippen LogP contribution < -0.4 is 15.4 Å². The molecular formula is C13H15FIN3O2S. The zero-order valence-electron chi connectivity index (χ0n) is 11.6. The Morgan fingerprint density at radius 1 is 1.52 bits per heavy atom. The number of urea groups is 1. The Morgan fingerprint density at radius 3 is 2.90 bits per heavy atom. The van der Waals surface area contributed by atoms with Crippen LogP contribution in [0.1, 0.15) is 5.56 Å². The van der Waals surface area contributed by atoms with Crippen LogP contribution in [-0.4, -0.2) is 30.7 Å². The van der Waals surface area contributed by atoms with Crippen LogP contribution in [0.5, 0.6) is 5.75 Å². The van der Waals surface area contributed by atoms with E-state index in [1.165, 1.54) is 22.3 Å². The van der Waals surface area contributed by atoms with Gasteiger partial charge in [-0.25, -0.2) is 9.18 Å². The highest BCUT2D eigenvalue weighted by atomic mass is 127. The number of fused-ring (bicyclic) bond motifs is 1. The Labute approximate surface area is 138 Å². The summed E-state index contributed by atoms with van der Waals surface area (Å²) in [6.45, 7) is 0.504. The fourth-order valence-corrected chi connectivity index (χ4v) is 3.45. The maximum atomic E-state index is 13.8. The van der Waals surface area contributed by atoms with Gasteiger partial charge in [0.25, 0.3) is 0 Å². The highest BCUT2D eigenvalue weighted by Gasteiger charge is 2.13. The summed E-state index contributed by atoms with van der Waals surface area (Å²) in [6.07, 6.45) is 2.61. The number of hydrogen-bond donors (Lipinski definition) is 2. The van der Waals surface area contributed by atoms with E-state index in [2.05, 4.69) is 31.8 Å². The molecule has 8 heteroatoms. The molecule has 1 aromatic heterocycles. The molecule has 0 saturated heterocycles. The molecule has 5 nitrogen and oxygen atoms in total. The van der Waals surface area contributed by atoms with Gasteiger partial charge in [0.2, 0.25) is 0 Å². The predicted octanol–water partition coefficient (Wildman–Crippen LogP) is 3.11. The molecule has 0 aliphatic rings. The van der Waals surface area contributed by atoms with Crippen molar-refractivity contribution in [2.45, 2.75) is 6.42 Å². The molecule has 21 heavy (non-hydrogen) atoms. The van der Waals surface area contributed by atoms with Gasteiger partial charge in [0.05, 0.1) is 12.6 Å². The number of aromatic nitrogens is 1. The first kappa shape index (κ1) is 16.2. The van der Waals surface area contributed by atoms with E-state index in [0.717, 1.165) is 16.5 Å². The van der Waals surface area contributed by atoms with E-state index >= 15 is 0 Å². The van der Waals surface area contributed by atoms with Crippen molar-refractivity contribution < 1.29 is 13.9 Å². The number of rotatable bonds is 5. The van der Waals surface area contributed by atoms with Crippen LogP contribution in [0.3, 0.4) is 0 Å². The second-order valence-corrected chi connectivity index (χ2v) is 6.02. The Kier molecular flexibility index (Phi) is 5.57. The van der Waals surface area contributed by atoms with Crippen LogP contribution in [0, 0.1) is 5.82 Å². The van der Waals surface area contributed by atoms with Gasteiger partial charge >= 0.3 is 6.03 Å². The standard InChI is InChI=1S/C13H15FIN3O2S/c1-16-13(19)17-4-3-8-7-18(21-15)11-6-10(14)12(20-2)5-9(8)11/h5-7H,3-4H2,1-2H3,(H2,16,17,19). The molecule has 2 aromatic rings. The average molecular weight is 423 g/mol. The molecule has 0 bridgehead atoms. The highest BCUT2D eigenvalue weighted by molar-refractivity contribution is 14.2. The minimum Gasteiger partial charge on any atom is -0.494 e. The quantitative estimate of drug-likeness (QED) is 0.727. The molecule has 0 spiro atoms. The Bertz CT molecular complexity index is 662. The third-order valence-electron chi connectivity index (χ3n) is 3.11. The topological polar surface area (TPSA) is 55.3 Å². The molecule has 2 N–H and O–H groups in total. The molecule has 1 heterocycles. The number of carbonyl (C=O) groups excluding carboxylic acids is 1. The van der Waals surface area contributed by atoms with Crippen molar-refractivity contribution >= 4 is 47.3 Å². The number of nitrogens with zero attached hydrogens (tertiary/aromatic N) is 1. The van der Waals surface area contributed by atoms with E-state index in [0.29, 0.717) is 13.0 Å². The van der Waals surface area contributed by atoms with Gasteiger partial charge in [0.15, 0.2) is 11.6 Å². The molecule has 0 atom stereocenters. The molecule has 114 valence electrons. The number of ether oxygens (including phenoxy) is 1. The number of hydrogen-bond acceptors (Lipinski definition) is 3. The van der Waals surface area contributed by atoms with Crippen molar-refractivity contribution in [2.24, 2.45) is 0 Å². The zero-order chi connectivity index (χ0) is 15.4. The minimum absolute atomic E-state index is 0.217. The maximum Gasteiger partial charge on any atom is 0.314 e. The molecule has 0 aliphatic heterocycles. The first-order valence-corrected chi connectivity index (χ1v) is 9.54. The Hall–Kier alpha value is -1.16. The largest absolute Gasteiger partial charge is 0.494 e. The number of amides is 2. The van der Waals surface area contributed by atoms with Crippen molar-refractivity contribution in [3.05, 3.63) is 29.7 Å². The molecule has 2 amide bonds. The van der Waals surface area contributed by atoms with Gasteiger partial charge in [-0.1, -0.05) is 0 Å². The monoisotopic (exact) mass is 423 g/mol. The van der Waals surface area contributed by atoms with Gasteiger partial charge in [0, 0.05) is 61.6 Å². The third kappa shape index (κ3) is 3.54. The van der Waals surface area contributed by atoms with Crippen molar-refractivity contribution in [1.82, 2.24) is 14.6 Å². The van der Waals surface area contributed by atoms with E-state index in [1.807, 2.05) is 10.2 Å². The Balaban J connectivity index is 2.32. The van der Waals surface area contributed by atoms with Gasteiger partial charge in [0.1, 0.15) is 0 Å². The van der Waals surface area contributed by atoms with Crippen molar-refractivity contribution in [1.29, 1.82) is 0 Å². The lowest BCUT2D eigenvalue weighted by molar-refractivity contribution is 0.243. The average Bonchev–Trinajstić information content (AvgIpc) is 2.83. The summed E-state index contributed by atoms with van der Waals surface area (Å²) in [5.74, 6) is -0.163. The summed E-state index contributed by atoms with van der Waals surface area (Å²) in [5.41, 5.74) is 1.83. The van der Waals surface area contributed by atoms with Gasteiger partial charge in [-0.15, -0.1) is 0 Å². The van der Waals surface area contributed by atoms with Crippen LogP contribution in [0.4, 0.5) is 9.18 Å². The smallest absolute Gasteiger partial charge is 0.314 e. The fraction of sp³-hybridized carbons (Fsp3) is 0.308. The van der Waals surface area contributed by atoms with E-state index in [4.69, 9.17) is 4.74 Å². The van der Waals surface area contributed by atoms with Gasteiger partial charge < -0.3 is 15.4 Å². The van der Waals surface area contributed by atoms with E-state index < -0.39 is 0 Å². The summed E-state index contributed by atoms with van der Waals surface area (Å²) in [6, 6.07) is 2.95. The van der Waals surface area contributed by atoms with Gasteiger partial charge in [-0.05, 0) is 18.1 Å². The summed E-state index contributed by atoms with van der Waals surface area (Å²) in [7, 11) is 4.48. The lowest BCUT2D eigenvalue weighted by Gasteiger charge is -2.05. The van der Waals surface area contributed by atoms with Crippen LogP contribution >= 0.6 is 30.3 Å². The Morgan fingerprint density at radius 2 is 2.29 bits per heavy atom. The summed E-state index contributed by atoms with van der Waals surface area (Å²) in [4.78, 5) is 11.2. The van der Waals surface area contributed by atoms with Gasteiger partial charge in [-0.3, -0.25) is 3.97 Å². The molecule has 0 fully saturated rings. The summed E-state index contributed by atoms with van der Waals surface area (Å²) < 4.78 is 20.8. The lowest BCUT2D eigenvalue weighted by Crippen LogP contribution is -2.33. The molecule has 0 saturated carbocycles. The highest BCUT2D eigenvalue weighted by Crippen LogP contribution is 2.32. The zero-order valence-corrected chi connectivity index (χ0v) is 14.5. The summed E-state index contributed by atoms with van der Waals surface area (Å²) >= 11 is 2.14. The van der Waals surface area contributed by atoms with Crippen LogP contribution in [0.15, 0.2) is 18.3 Å². The fourth-order valence-electron chi connectivity index (χ4n) is 2.07. The molecule has 2 rings (SSSR count). The van der Waals surface area contributed by atoms with Crippen LogP contribution in [0.2, 0.25) is 0 Å². The normalized spacial score (nSPS) is 10.7. The minimum atomic E-state index is -0.384. The lowest BCUT2D eigenvalue weighted by atomic mass is 10.1. The summed E-state index contributed by atoms with van der Waals surface area (Å²) in [5, 5.41) is 6.17. The molecule has 0 unspecified atom stereocenters. The van der Waals surface area contributed by atoms with Gasteiger partial charge in [-0.2, -0.15) is 0 Å². The molecule has 0 radical (unpaired) electrons. The second kappa shape index (κ2) is 7.21. The number of nitrogens with one attached hydrogen (secondary N) is 2. The van der Waals surface area contributed by atoms with E-state index in [9.17, 15) is 9.18 Å². The van der Waals surface area contributed by atoms with E-state index in [1.54, 1.807) is 13.1 Å². The van der Waals surface area contributed by atoms with E-state index in [-0.39, 0.29) is 17.6 Å². The number of halogens is 2. The maximum absolute atomic E-state index is 13.8. The van der Waals surface area contributed by atoms with Crippen molar-refractivity contribution in [2.75, 3.05) is 20.7 Å². The number of carbonyl (C=O) groups is 1. The third-order valence-corrected chi connectivity index (χ3v) is 4.83. The molecule has 0 aliphatic carbocycles. The molecule has 1 aromatic carbocycles. The number of methoxy groups -OCH3 is 1. The SMILES string of the molecule is CNC(=O)NCCc1cn(SI)c2cc(F)c(OC)cc12. The molecular weight excluding hydrogens is 408 g/mol. The first-order valence-electron chi connectivity index (χ1n) is 6.22. The predicted molar refractivity (Wildman–Crippen MR) is 91.6 cm³/mol. The first-order chi connectivity index (χ1) is 10.1. The van der Waals surface area contributed by atoms with Crippen molar-refractivity contribution in [3.63, 3.8) is 0 Å².